The van der Waals surface area contributed by atoms with Gasteiger partial charge in [0.05, 0.1) is 29.5 Å². The molecule has 0 saturated carbocycles. The molecule has 4 rings (SSSR count). The molecule has 1 heterocycles. The molecule has 0 aliphatic carbocycles. The summed E-state index contributed by atoms with van der Waals surface area (Å²) >= 11 is 5.91. The number of sulfonamides is 1. The number of halogens is 1. The minimum Gasteiger partial charge on any atom is -0.488 e. The number of ether oxygens (including phenoxy) is 1. The molecule has 12 heteroatoms. The summed E-state index contributed by atoms with van der Waals surface area (Å²) in [7, 11) is -1.98. The second-order valence-corrected chi connectivity index (χ2v) is 13.1. The number of anilines is 1. The first-order chi connectivity index (χ1) is 20.4. The van der Waals surface area contributed by atoms with E-state index < -0.39 is 22.0 Å². The van der Waals surface area contributed by atoms with Crippen molar-refractivity contribution in [3.8, 4) is 5.75 Å². The number of hydrogen-bond donors (Lipinski definition) is 3. The van der Waals surface area contributed by atoms with Crippen LogP contribution in [0.25, 0.3) is 0 Å². The Morgan fingerprint density at radius 1 is 1.14 bits per heavy atom. The molecule has 1 aliphatic rings. The monoisotopic (exact) mass is 629 g/mol. The maximum Gasteiger partial charge on any atom is 0.335 e. The average molecular weight is 630 g/mol. The first kappa shape index (κ1) is 32.3. The highest BCUT2D eigenvalue weighted by Crippen LogP contribution is 2.30. The summed E-state index contributed by atoms with van der Waals surface area (Å²) in [6.07, 6.45) is -0.403. The van der Waals surface area contributed by atoms with Gasteiger partial charge in [0, 0.05) is 41.8 Å². The van der Waals surface area contributed by atoms with Crippen LogP contribution in [0, 0.1) is 5.92 Å². The Hall–Kier alpha value is -3.64. The number of fused-ring (bicyclic) bond motifs is 1. The van der Waals surface area contributed by atoms with E-state index in [2.05, 4.69) is 9.62 Å². The van der Waals surface area contributed by atoms with Crippen LogP contribution in [0.5, 0.6) is 5.75 Å². The van der Waals surface area contributed by atoms with Gasteiger partial charge in [0.2, 0.25) is 5.91 Å². The minimum absolute atomic E-state index is 0.0403. The number of hydrogen-bond acceptors (Lipinski definition) is 7. The number of benzene rings is 3. The largest absolute Gasteiger partial charge is 0.488 e. The van der Waals surface area contributed by atoms with Gasteiger partial charge in [0.1, 0.15) is 11.9 Å². The van der Waals surface area contributed by atoms with Crippen LogP contribution in [0.1, 0.15) is 35.3 Å². The maximum atomic E-state index is 13.5. The van der Waals surface area contributed by atoms with E-state index in [1.165, 1.54) is 24.3 Å². The molecule has 0 radical (unpaired) electrons. The molecule has 3 atom stereocenters. The number of carboxylic acids is 1. The first-order valence-electron chi connectivity index (χ1n) is 13.9. The lowest BCUT2D eigenvalue weighted by atomic mass is 10.0. The molecule has 0 bridgehead atoms. The third kappa shape index (κ3) is 8.26. The van der Waals surface area contributed by atoms with Gasteiger partial charge in [-0.15, -0.1) is 0 Å². The Kier molecular flexibility index (Phi) is 10.3. The molecule has 3 aromatic carbocycles. The Morgan fingerprint density at radius 2 is 1.81 bits per heavy atom. The smallest absolute Gasteiger partial charge is 0.335 e. The number of rotatable bonds is 10. The van der Waals surface area contributed by atoms with E-state index in [1.54, 1.807) is 54.3 Å². The Balaban J connectivity index is 1.60. The van der Waals surface area contributed by atoms with Crippen LogP contribution in [0.15, 0.2) is 71.6 Å². The number of nitrogens with one attached hydrogen (secondary N) is 1. The average Bonchev–Trinajstić information content (AvgIpc) is 3.00. The topological polar surface area (TPSA) is 136 Å². The molecule has 0 unspecified atom stereocenters. The Bertz CT molecular complexity index is 1550. The zero-order chi connectivity index (χ0) is 31.3. The lowest BCUT2D eigenvalue weighted by molar-refractivity contribution is -0.134. The number of nitrogens with zero attached hydrogens (tertiary/aromatic N) is 2. The van der Waals surface area contributed by atoms with Crippen molar-refractivity contribution in [1.29, 1.82) is 0 Å². The summed E-state index contributed by atoms with van der Waals surface area (Å²) in [4.78, 5) is 28.4. The first-order valence-corrected chi connectivity index (χ1v) is 15.7. The highest BCUT2D eigenvalue weighted by molar-refractivity contribution is 7.92. The highest BCUT2D eigenvalue weighted by Gasteiger charge is 2.31. The lowest BCUT2D eigenvalue weighted by Gasteiger charge is -2.34. The molecule has 0 fully saturated rings. The van der Waals surface area contributed by atoms with Crippen LogP contribution < -0.4 is 9.46 Å². The van der Waals surface area contributed by atoms with Gasteiger partial charge < -0.3 is 19.8 Å². The van der Waals surface area contributed by atoms with Crippen LogP contribution in [0.4, 0.5) is 5.69 Å². The SMILES string of the molecule is C[C@H](CO)N1C[C@H](C)[C@H](CN(C)Cc2ccc(C(=O)O)cc2)Oc2ccc(NS(=O)(=O)c3ccc(Cl)cc3)cc2CC1=O. The molecule has 3 aromatic rings. The highest BCUT2D eigenvalue weighted by atomic mass is 35.5. The second-order valence-electron chi connectivity index (χ2n) is 11.0. The van der Waals surface area contributed by atoms with Crippen molar-refractivity contribution in [1.82, 2.24) is 9.80 Å². The van der Waals surface area contributed by atoms with E-state index in [-0.39, 0.29) is 47.1 Å². The van der Waals surface area contributed by atoms with Crippen molar-refractivity contribution in [2.24, 2.45) is 5.92 Å². The summed E-state index contributed by atoms with van der Waals surface area (Å²) < 4.78 is 35.1. The molecule has 0 spiro atoms. The molecule has 230 valence electrons. The number of carboxylic acid groups (broad SMARTS) is 1. The summed E-state index contributed by atoms with van der Waals surface area (Å²) in [5.41, 5.74) is 1.95. The number of aliphatic hydroxyl groups excluding tert-OH is 1. The predicted molar refractivity (Wildman–Crippen MR) is 164 cm³/mol. The minimum atomic E-state index is -3.91. The van der Waals surface area contributed by atoms with Crippen LogP contribution in [0.2, 0.25) is 5.02 Å². The van der Waals surface area contributed by atoms with Crippen molar-refractivity contribution < 1.29 is 33.0 Å². The molecule has 3 N–H and O–H groups in total. The van der Waals surface area contributed by atoms with Gasteiger partial charge in [-0.1, -0.05) is 30.7 Å². The van der Waals surface area contributed by atoms with Crippen LogP contribution in [-0.4, -0.2) is 79.2 Å². The fourth-order valence-corrected chi connectivity index (χ4v) is 6.15. The van der Waals surface area contributed by atoms with E-state index in [4.69, 9.17) is 16.3 Å². The van der Waals surface area contributed by atoms with Gasteiger partial charge in [-0.2, -0.15) is 0 Å². The molecule has 0 saturated heterocycles. The number of aliphatic hydroxyl groups is 1. The molecule has 1 amide bonds. The molecule has 1 aliphatic heterocycles. The summed E-state index contributed by atoms with van der Waals surface area (Å²) in [5, 5.41) is 19.5. The number of aromatic carboxylic acids is 1. The number of carbonyl (C=O) groups excluding carboxylic acids is 1. The van der Waals surface area contributed by atoms with Gasteiger partial charge in [-0.25, -0.2) is 13.2 Å². The van der Waals surface area contributed by atoms with Crippen molar-refractivity contribution in [3.05, 3.63) is 88.4 Å². The van der Waals surface area contributed by atoms with Crippen LogP contribution in [0.3, 0.4) is 0 Å². The van der Waals surface area contributed by atoms with Gasteiger partial charge in [0.15, 0.2) is 0 Å². The third-order valence-corrected chi connectivity index (χ3v) is 9.09. The fraction of sp³-hybridized carbons (Fsp3) is 0.355. The maximum absolute atomic E-state index is 13.5. The van der Waals surface area contributed by atoms with Crippen LogP contribution in [-0.2, 0) is 27.8 Å². The molecular formula is C31H36ClN3O7S. The van der Waals surface area contributed by atoms with Gasteiger partial charge in [-0.05, 0) is 74.1 Å². The number of likely N-dealkylation sites (N-methyl/N-ethyl adjacent to an activating group) is 1. The van der Waals surface area contributed by atoms with E-state index in [0.29, 0.717) is 36.0 Å². The zero-order valence-electron chi connectivity index (χ0n) is 24.2. The van der Waals surface area contributed by atoms with Crippen LogP contribution >= 0.6 is 11.6 Å². The summed E-state index contributed by atoms with van der Waals surface area (Å²) in [5.74, 6) is -0.840. The normalized spacial score (nSPS) is 18.2. The Morgan fingerprint density at radius 3 is 2.44 bits per heavy atom. The van der Waals surface area contributed by atoms with Crippen molar-refractivity contribution in [2.75, 3.05) is 31.5 Å². The van der Waals surface area contributed by atoms with Gasteiger partial charge in [-0.3, -0.25) is 14.4 Å². The Labute approximate surface area is 256 Å². The second kappa shape index (κ2) is 13.8. The van der Waals surface area contributed by atoms with E-state index in [0.717, 1.165) is 5.56 Å². The zero-order valence-corrected chi connectivity index (χ0v) is 25.8. The van der Waals surface area contributed by atoms with Crippen molar-refractivity contribution >= 4 is 39.2 Å². The lowest BCUT2D eigenvalue weighted by Crippen LogP contribution is -2.47. The fourth-order valence-electron chi connectivity index (χ4n) is 4.97. The molecule has 0 aromatic heterocycles. The molecular weight excluding hydrogens is 594 g/mol. The standard InChI is InChI=1S/C31H36ClN3O7S/c1-20-16-35(21(2)19-36)30(37)15-24-14-26(33-43(40,41)27-11-8-25(32)9-12-27)10-13-28(24)42-29(20)18-34(3)17-22-4-6-23(7-5-22)31(38)39/h4-14,20-21,29,33,36H,15-19H2,1-3H3,(H,38,39)/t20-,21+,29-/m0/s1. The van der Waals surface area contributed by atoms with Crippen molar-refractivity contribution in [2.45, 2.75) is 43.9 Å². The number of carbonyl (C=O) groups is 2. The van der Waals surface area contributed by atoms with E-state index in [9.17, 15) is 28.2 Å². The quantitative estimate of drug-likeness (QED) is 0.305. The predicted octanol–water partition coefficient (Wildman–Crippen LogP) is 4.12. The number of amides is 1. The van der Waals surface area contributed by atoms with Crippen molar-refractivity contribution in [3.63, 3.8) is 0 Å². The third-order valence-electron chi connectivity index (χ3n) is 7.44. The van der Waals surface area contributed by atoms with Gasteiger partial charge >= 0.3 is 5.97 Å². The van der Waals surface area contributed by atoms with E-state index >= 15 is 0 Å². The summed E-state index contributed by atoms with van der Waals surface area (Å²) in [6.45, 7) is 4.95. The van der Waals surface area contributed by atoms with Gasteiger partial charge in [0.25, 0.3) is 10.0 Å². The van der Waals surface area contributed by atoms with E-state index in [1.807, 2.05) is 14.0 Å². The molecule has 43 heavy (non-hydrogen) atoms. The molecule has 10 nitrogen and oxygen atoms in total. The summed E-state index contributed by atoms with van der Waals surface area (Å²) in [6, 6.07) is 16.9.